The quantitative estimate of drug-likeness (QED) is 0.728. The maximum Gasteiger partial charge on any atom is 0.0531 e. The zero-order valence-electron chi connectivity index (χ0n) is 10.4. The van der Waals surface area contributed by atoms with Crippen molar-refractivity contribution in [1.29, 1.82) is 0 Å². The molecule has 88 valence electrons. The number of methoxy groups -OCH3 is 1. The Labute approximate surface area is 93.8 Å². The van der Waals surface area contributed by atoms with Gasteiger partial charge in [0.1, 0.15) is 0 Å². The van der Waals surface area contributed by atoms with E-state index in [4.69, 9.17) is 4.74 Å². The maximum absolute atomic E-state index is 5.42. The topological polar surface area (TPSA) is 21.3 Å². The van der Waals surface area contributed by atoms with Crippen LogP contribution in [0.3, 0.4) is 0 Å². The van der Waals surface area contributed by atoms with Gasteiger partial charge in [0.2, 0.25) is 0 Å². The lowest BCUT2D eigenvalue weighted by Gasteiger charge is -2.30. The minimum Gasteiger partial charge on any atom is -0.384 e. The van der Waals surface area contributed by atoms with Crippen LogP contribution in [0.1, 0.15) is 33.1 Å². The van der Waals surface area contributed by atoms with Crippen LogP contribution in [0.25, 0.3) is 0 Å². The molecule has 0 aromatic carbocycles. The predicted molar refractivity (Wildman–Crippen MR) is 62.8 cm³/mol. The van der Waals surface area contributed by atoms with Crippen molar-refractivity contribution in [2.24, 2.45) is 23.2 Å². The van der Waals surface area contributed by atoms with Gasteiger partial charge in [0.05, 0.1) is 6.61 Å². The van der Waals surface area contributed by atoms with Crippen LogP contribution in [0.4, 0.5) is 0 Å². The van der Waals surface area contributed by atoms with Crippen molar-refractivity contribution in [1.82, 2.24) is 5.32 Å². The molecule has 2 aliphatic carbocycles. The van der Waals surface area contributed by atoms with Crippen LogP contribution in [0.5, 0.6) is 0 Å². The molecule has 0 spiro atoms. The molecule has 15 heavy (non-hydrogen) atoms. The van der Waals surface area contributed by atoms with Crippen molar-refractivity contribution in [3.05, 3.63) is 0 Å². The minimum atomic E-state index is 0.469. The molecular weight excluding hydrogens is 186 g/mol. The van der Waals surface area contributed by atoms with E-state index in [0.29, 0.717) is 5.41 Å². The number of fused-ring (bicyclic) bond motifs is 1. The van der Waals surface area contributed by atoms with Gasteiger partial charge < -0.3 is 10.1 Å². The minimum absolute atomic E-state index is 0.469. The summed E-state index contributed by atoms with van der Waals surface area (Å²) >= 11 is 0. The summed E-state index contributed by atoms with van der Waals surface area (Å²) in [6.45, 7) is 7.78. The third-order valence-corrected chi connectivity index (χ3v) is 3.96. The summed E-state index contributed by atoms with van der Waals surface area (Å²) in [5.41, 5.74) is 0.469. The second-order valence-electron chi connectivity index (χ2n) is 6.12. The molecule has 2 unspecified atom stereocenters. The van der Waals surface area contributed by atoms with Crippen LogP contribution in [0.2, 0.25) is 0 Å². The molecule has 2 heteroatoms. The molecule has 1 N–H and O–H groups in total. The first-order chi connectivity index (χ1) is 7.15. The summed E-state index contributed by atoms with van der Waals surface area (Å²) in [5.74, 6) is 2.84. The smallest absolute Gasteiger partial charge is 0.0531 e. The molecule has 0 saturated heterocycles. The van der Waals surface area contributed by atoms with Gasteiger partial charge in [-0.2, -0.15) is 0 Å². The Morgan fingerprint density at radius 1 is 1.33 bits per heavy atom. The average Bonchev–Trinajstić information content (AvgIpc) is 2.75. The summed E-state index contributed by atoms with van der Waals surface area (Å²) in [7, 11) is 1.84. The summed E-state index contributed by atoms with van der Waals surface area (Å²) in [6, 6.07) is 0. The van der Waals surface area contributed by atoms with Crippen LogP contribution < -0.4 is 5.32 Å². The average molecular weight is 211 g/mol. The van der Waals surface area contributed by atoms with Gasteiger partial charge in [-0.05, 0) is 43.6 Å². The highest BCUT2D eigenvalue weighted by Gasteiger charge is 2.53. The Balaban J connectivity index is 1.78. The van der Waals surface area contributed by atoms with Crippen LogP contribution >= 0.6 is 0 Å². The van der Waals surface area contributed by atoms with Gasteiger partial charge in [-0.3, -0.25) is 0 Å². The Morgan fingerprint density at radius 3 is 2.53 bits per heavy atom. The second kappa shape index (κ2) is 4.42. The zero-order chi connectivity index (χ0) is 10.9. The molecule has 0 aliphatic heterocycles. The number of hydrogen-bond acceptors (Lipinski definition) is 2. The molecule has 2 rings (SSSR count). The fourth-order valence-electron chi connectivity index (χ4n) is 3.25. The largest absolute Gasteiger partial charge is 0.384 e. The SMILES string of the molecule is COCC1(CNCC(C)C)CC2CC2C1. The first-order valence-corrected chi connectivity index (χ1v) is 6.35. The van der Waals surface area contributed by atoms with Crippen LogP contribution in [-0.4, -0.2) is 26.8 Å². The van der Waals surface area contributed by atoms with Gasteiger partial charge in [-0.25, -0.2) is 0 Å². The van der Waals surface area contributed by atoms with Crippen molar-refractivity contribution in [3.63, 3.8) is 0 Å². The molecule has 0 aromatic rings. The molecule has 2 fully saturated rings. The first kappa shape index (κ1) is 11.4. The Bertz CT molecular complexity index is 205. The zero-order valence-corrected chi connectivity index (χ0v) is 10.4. The predicted octanol–water partition coefficient (Wildman–Crippen LogP) is 2.29. The Morgan fingerprint density at radius 2 is 2.00 bits per heavy atom. The third-order valence-electron chi connectivity index (χ3n) is 3.96. The van der Waals surface area contributed by atoms with Crippen LogP contribution in [-0.2, 0) is 4.74 Å². The summed E-state index contributed by atoms with van der Waals surface area (Å²) in [6.07, 6.45) is 4.29. The standard InChI is InChI=1S/C13H25NO/c1-10(2)7-14-8-13(9-15-3)5-11-4-12(11)6-13/h10-12,14H,4-9H2,1-3H3. The summed E-state index contributed by atoms with van der Waals surface area (Å²) in [4.78, 5) is 0. The normalized spacial score (nSPS) is 38.4. The molecule has 0 amide bonds. The molecule has 0 bridgehead atoms. The Kier molecular flexibility index (Phi) is 3.36. The van der Waals surface area contributed by atoms with Crippen molar-refractivity contribution in [3.8, 4) is 0 Å². The molecular formula is C13H25NO. The van der Waals surface area contributed by atoms with E-state index in [1.807, 2.05) is 7.11 Å². The molecule has 2 atom stereocenters. The van der Waals surface area contributed by atoms with Crippen LogP contribution in [0, 0.1) is 23.2 Å². The molecule has 0 aromatic heterocycles. The van der Waals surface area contributed by atoms with Gasteiger partial charge in [-0.1, -0.05) is 13.8 Å². The van der Waals surface area contributed by atoms with Crippen molar-refractivity contribution < 1.29 is 4.74 Å². The number of nitrogens with one attached hydrogen (secondary N) is 1. The van der Waals surface area contributed by atoms with E-state index in [0.717, 1.165) is 37.5 Å². The van der Waals surface area contributed by atoms with Gasteiger partial charge in [0, 0.05) is 19.1 Å². The van der Waals surface area contributed by atoms with E-state index in [1.165, 1.54) is 19.3 Å². The fraction of sp³-hybridized carbons (Fsp3) is 1.00. The van der Waals surface area contributed by atoms with Gasteiger partial charge >= 0.3 is 0 Å². The van der Waals surface area contributed by atoms with Crippen molar-refractivity contribution in [2.75, 3.05) is 26.8 Å². The molecule has 0 radical (unpaired) electrons. The van der Waals surface area contributed by atoms with Crippen molar-refractivity contribution >= 4 is 0 Å². The molecule has 2 nitrogen and oxygen atoms in total. The molecule has 0 heterocycles. The Hall–Kier alpha value is -0.0800. The number of rotatable bonds is 6. The third kappa shape index (κ3) is 2.73. The van der Waals surface area contributed by atoms with E-state index in [1.54, 1.807) is 0 Å². The summed E-state index contributed by atoms with van der Waals surface area (Å²) < 4.78 is 5.42. The molecule has 2 aliphatic rings. The first-order valence-electron chi connectivity index (χ1n) is 6.35. The maximum atomic E-state index is 5.42. The lowest BCUT2D eigenvalue weighted by Crippen LogP contribution is -2.38. The second-order valence-corrected chi connectivity index (χ2v) is 6.12. The monoisotopic (exact) mass is 211 g/mol. The lowest BCUT2D eigenvalue weighted by atomic mass is 9.83. The van der Waals surface area contributed by atoms with Crippen LogP contribution in [0.15, 0.2) is 0 Å². The molecule has 2 saturated carbocycles. The fourth-order valence-corrected chi connectivity index (χ4v) is 3.25. The van der Waals surface area contributed by atoms with Crippen molar-refractivity contribution in [2.45, 2.75) is 33.1 Å². The van der Waals surface area contributed by atoms with E-state index in [2.05, 4.69) is 19.2 Å². The van der Waals surface area contributed by atoms with E-state index in [9.17, 15) is 0 Å². The van der Waals surface area contributed by atoms with E-state index in [-0.39, 0.29) is 0 Å². The highest BCUT2D eigenvalue weighted by Crippen LogP contribution is 2.59. The van der Waals surface area contributed by atoms with E-state index < -0.39 is 0 Å². The van der Waals surface area contributed by atoms with Gasteiger partial charge in [-0.15, -0.1) is 0 Å². The van der Waals surface area contributed by atoms with Gasteiger partial charge in [0.15, 0.2) is 0 Å². The number of ether oxygens (including phenoxy) is 1. The van der Waals surface area contributed by atoms with Gasteiger partial charge in [0.25, 0.3) is 0 Å². The van der Waals surface area contributed by atoms with E-state index >= 15 is 0 Å². The lowest BCUT2D eigenvalue weighted by molar-refractivity contribution is 0.0728. The highest BCUT2D eigenvalue weighted by atomic mass is 16.5. The summed E-state index contributed by atoms with van der Waals surface area (Å²) in [5, 5.41) is 3.61. The highest BCUT2D eigenvalue weighted by molar-refractivity contribution is 5.04. The number of hydrogen-bond donors (Lipinski definition) is 1.